The van der Waals surface area contributed by atoms with Crippen LogP contribution >= 0.6 is 15.9 Å². The third kappa shape index (κ3) is 1.84. The number of hydrogen-bond acceptors (Lipinski definition) is 1. The Morgan fingerprint density at radius 1 is 1.50 bits per heavy atom. The van der Waals surface area contributed by atoms with Gasteiger partial charge in [0.2, 0.25) is 0 Å². The Kier molecular flexibility index (Phi) is 2.88. The van der Waals surface area contributed by atoms with E-state index in [9.17, 15) is 4.39 Å². The van der Waals surface area contributed by atoms with Crippen molar-refractivity contribution in [2.45, 2.75) is 25.8 Å². The fourth-order valence-corrected chi connectivity index (χ4v) is 2.21. The van der Waals surface area contributed by atoms with Gasteiger partial charge in [0.1, 0.15) is 5.82 Å². The highest BCUT2D eigenvalue weighted by molar-refractivity contribution is 9.10. The predicted octanol–water partition coefficient (Wildman–Crippen LogP) is 3.32. The average molecular weight is 258 g/mol. The quantitative estimate of drug-likeness (QED) is 0.814. The number of hydrogen-bond donors (Lipinski definition) is 1. The Morgan fingerprint density at radius 2 is 2.29 bits per heavy atom. The number of halogens is 2. The maximum absolute atomic E-state index is 13.6. The zero-order valence-corrected chi connectivity index (χ0v) is 9.70. The van der Waals surface area contributed by atoms with Crippen molar-refractivity contribution in [1.82, 2.24) is 5.32 Å². The number of rotatable bonds is 1. The lowest BCUT2D eigenvalue weighted by atomic mass is 10.0. The van der Waals surface area contributed by atoms with E-state index in [0.29, 0.717) is 0 Å². The molecule has 1 fully saturated rings. The normalized spacial score (nSPS) is 21.5. The molecule has 0 amide bonds. The Balaban J connectivity index is 2.37. The highest BCUT2D eigenvalue weighted by atomic mass is 79.9. The molecule has 0 unspecified atom stereocenters. The molecular formula is C11H13BrFN. The molecule has 2 rings (SSSR count). The summed E-state index contributed by atoms with van der Waals surface area (Å²) in [4.78, 5) is 0. The van der Waals surface area contributed by atoms with Crippen molar-refractivity contribution in [3.05, 3.63) is 33.5 Å². The van der Waals surface area contributed by atoms with E-state index in [2.05, 4.69) is 21.2 Å². The van der Waals surface area contributed by atoms with Gasteiger partial charge < -0.3 is 5.32 Å². The van der Waals surface area contributed by atoms with Crippen LogP contribution in [0.3, 0.4) is 0 Å². The van der Waals surface area contributed by atoms with Gasteiger partial charge in [-0.15, -0.1) is 0 Å². The predicted molar refractivity (Wildman–Crippen MR) is 58.8 cm³/mol. The van der Waals surface area contributed by atoms with Crippen LogP contribution in [0.5, 0.6) is 0 Å². The van der Waals surface area contributed by atoms with Crippen LogP contribution in [-0.4, -0.2) is 6.54 Å². The van der Waals surface area contributed by atoms with Crippen molar-refractivity contribution in [1.29, 1.82) is 0 Å². The molecule has 0 bridgehead atoms. The lowest BCUT2D eigenvalue weighted by Crippen LogP contribution is -2.14. The maximum Gasteiger partial charge on any atom is 0.129 e. The number of aryl methyl sites for hydroxylation is 1. The van der Waals surface area contributed by atoms with Crippen molar-refractivity contribution >= 4 is 15.9 Å². The van der Waals surface area contributed by atoms with Crippen molar-refractivity contribution in [2.75, 3.05) is 6.54 Å². The van der Waals surface area contributed by atoms with Gasteiger partial charge in [0.25, 0.3) is 0 Å². The van der Waals surface area contributed by atoms with Crippen molar-refractivity contribution < 1.29 is 4.39 Å². The summed E-state index contributed by atoms with van der Waals surface area (Å²) in [6.45, 7) is 2.99. The van der Waals surface area contributed by atoms with Crippen LogP contribution in [0.2, 0.25) is 0 Å². The molecule has 1 nitrogen and oxygen atoms in total. The summed E-state index contributed by atoms with van der Waals surface area (Å²) in [5.74, 6) is -0.109. The van der Waals surface area contributed by atoms with Crippen LogP contribution in [0.25, 0.3) is 0 Å². The topological polar surface area (TPSA) is 12.0 Å². The third-order valence-electron chi connectivity index (χ3n) is 2.71. The van der Waals surface area contributed by atoms with Crippen molar-refractivity contribution in [3.8, 4) is 0 Å². The lowest BCUT2D eigenvalue weighted by molar-refractivity contribution is 0.557. The zero-order chi connectivity index (χ0) is 10.1. The lowest BCUT2D eigenvalue weighted by Gasteiger charge is -2.13. The average Bonchev–Trinajstić information content (AvgIpc) is 2.64. The zero-order valence-electron chi connectivity index (χ0n) is 8.11. The molecule has 1 aliphatic rings. The highest BCUT2D eigenvalue weighted by Crippen LogP contribution is 2.29. The minimum atomic E-state index is -0.109. The first kappa shape index (κ1) is 10.1. The van der Waals surface area contributed by atoms with Gasteiger partial charge in [-0.25, -0.2) is 4.39 Å². The van der Waals surface area contributed by atoms with Gasteiger partial charge >= 0.3 is 0 Å². The Hall–Kier alpha value is -0.410. The highest BCUT2D eigenvalue weighted by Gasteiger charge is 2.20. The molecule has 1 aromatic rings. The van der Waals surface area contributed by atoms with E-state index in [1.165, 1.54) is 0 Å². The molecule has 0 spiro atoms. The third-order valence-corrected chi connectivity index (χ3v) is 3.57. The fourth-order valence-electron chi connectivity index (χ4n) is 1.90. The van der Waals surface area contributed by atoms with Gasteiger partial charge in [0, 0.05) is 16.1 Å². The van der Waals surface area contributed by atoms with Crippen LogP contribution < -0.4 is 5.32 Å². The van der Waals surface area contributed by atoms with Crippen LogP contribution in [0.15, 0.2) is 16.6 Å². The Labute approximate surface area is 91.8 Å². The summed E-state index contributed by atoms with van der Waals surface area (Å²) in [5, 5.41) is 3.31. The van der Waals surface area contributed by atoms with E-state index in [-0.39, 0.29) is 11.9 Å². The smallest absolute Gasteiger partial charge is 0.129 e. The molecule has 1 heterocycles. The summed E-state index contributed by atoms with van der Waals surface area (Å²) in [5.41, 5.74) is 1.90. The molecule has 3 heteroatoms. The number of benzene rings is 1. The first-order valence-electron chi connectivity index (χ1n) is 4.87. The standard InChI is InChI=1S/C11H13BrFN/c1-7-5-8(10(13)6-9(7)12)11-3-2-4-14-11/h5-6,11,14H,2-4H2,1H3/t11-/m1/s1. The van der Waals surface area contributed by atoms with E-state index < -0.39 is 0 Å². The summed E-state index contributed by atoms with van der Waals surface area (Å²) >= 11 is 3.33. The SMILES string of the molecule is Cc1cc([C@H]2CCCN2)c(F)cc1Br. The maximum atomic E-state index is 13.6. The van der Waals surface area contributed by atoms with Gasteiger partial charge in [-0.2, -0.15) is 0 Å². The molecule has 0 aromatic heterocycles. The summed E-state index contributed by atoms with van der Waals surface area (Å²) in [6.07, 6.45) is 2.18. The van der Waals surface area contributed by atoms with E-state index in [4.69, 9.17) is 0 Å². The van der Waals surface area contributed by atoms with Crippen LogP contribution in [0.1, 0.15) is 30.0 Å². The summed E-state index contributed by atoms with van der Waals surface area (Å²) in [6, 6.07) is 3.70. The molecule has 1 saturated heterocycles. The van der Waals surface area contributed by atoms with Crippen molar-refractivity contribution in [2.24, 2.45) is 0 Å². The molecule has 1 N–H and O–H groups in total. The largest absolute Gasteiger partial charge is 0.310 e. The van der Waals surface area contributed by atoms with Gasteiger partial charge in [-0.05, 0) is 37.9 Å². The molecule has 0 saturated carbocycles. The van der Waals surface area contributed by atoms with Crippen LogP contribution in [-0.2, 0) is 0 Å². The molecular weight excluding hydrogens is 245 g/mol. The first-order valence-corrected chi connectivity index (χ1v) is 5.66. The number of nitrogens with one attached hydrogen (secondary N) is 1. The molecule has 1 atom stereocenters. The minimum Gasteiger partial charge on any atom is -0.310 e. The van der Waals surface area contributed by atoms with E-state index in [1.807, 2.05) is 13.0 Å². The van der Waals surface area contributed by atoms with E-state index in [0.717, 1.165) is 35.0 Å². The molecule has 0 radical (unpaired) electrons. The Bertz CT molecular complexity index is 345. The second-order valence-electron chi connectivity index (χ2n) is 3.77. The van der Waals surface area contributed by atoms with Crippen LogP contribution in [0, 0.1) is 12.7 Å². The first-order chi connectivity index (χ1) is 6.68. The monoisotopic (exact) mass is 257 g/mol. The molecule has 1 aromatic carbocycles. The van der Waals surface area contributed by atoms with Crippen molar-refractivity contribution in [3.63, 3.8) is 0 Å². The fraction of sp³-hybridized carbons (Fsp3) is 0.455. The van der Waals surface area contributed by atoms with Gasteiger partial charge in [0.15, 0.2) is 0 Å². The second kappa shape index (κ2) is 3.99. The molecule has 76 valence electrons. The minimum absolute atomic E-state index is 0.109. The van der Waals surface area contributed by atoms with Gasteiger partial charge in [-0.3, -0.25) is 0 Å². The summed E-state index contributed by atoms with van der Waals surface area (Å²) in [7, 11) is 0. The van der Waals surface area contributed by atoms with Gasteiger partial charge in [0.05, 0.1) is 0 Å². The van der Waals surface area contributed by atoms with E-state index in [1.54, 1.807) is 6.07 Å². The van der Waals surface area contributed by atoms with Crippen LogP contribution in [0.4, 0.5) is 4.39 Å². The second-order valence-corrected chi connectivity index (χ2v) is 4.63. The van der Waals surface area contributed by atoms with E-state index >= 15 is 0 Å². The molecule has 1 aliphatic heterocycles. The summed E-state index contributed by atoms with van der Waals surface area (Å²) < 4.78 is 14.5. The Morgan fingerprint density at radius 3 is 2.93 bits per heavy atom. The van der Waals surface area contributed by atoms with Gasteiger partial charge in [-0.1, -0.05) is 22.0 Å². The molecule has 14 heavy (non-hydrogen) atoms. The molecule has 0 aliphatic carbocycles.